The Kier molecular flexibility index (Phi) is 6.45. The van der Waals surface area contributed by atoms with Gasteiger partial charge in [-0.05, 0) is 48.6 Å². The van der Waals surface area contributed by atoms with Crippen molar-refractivity contribution in [2.24, 2.45) is 0 Å². The SMILES string of the molecule is C=CC(OC)(OC)c1cc(C(=O)/C=C/c2ccc(O)c(O)c2OC)ccc1O. The number of benzene rings is 2. The first kappa shape index (κ1) is 21.0. The van der Waals surface area contributed by atoms with Gasteiger partial charge in [0.1, 0.15) is 5.75 Å². The Morgan fingerprint density at radius 2 is 1.68 bits per heavy atom. The lowest BCUT2D eigenvalue weighted by Gasteiger charge is -2.28. The highest BCUT2D eigenvalue weighted by Crippen LogP contribution is 2.39. The highest BCUT2D eigenvalue weighted by molar-refractivity contribution is 6.07. The molecule has 0 heterocycles. The summed E-state index contributed by atoms with van der Waals surface area (Å²) in [6.45, 7) is 3.66. The van der Waals surface area contributed by atoms with Crippen molar-refractivity contribution in [3.8, 4) is 23.0 Å². The van der Waals surface area contributed by atoms with Crippen LogP contribution < -0.4 is 4.74 Å². The first-order valence-corrected chi connectivity index (χ1v) is 8.22. The Morgan fingerprint density at radius 1 is 1.04 bits per heavy atom. The van der Waals surface area contributed by atoms with Crippen LogP contribution in [0.1, 0.15) is 21.5 Å². The van der Waals surface area contributed by atoms with E-state index in [9.17, 15) is 20.1 Å². The summed E-state index contributed by atoms with van der Waals surface area (Å²) in [4.78, 5) is 12.6. The molecule has 0 atom stereocenters. The lowest BCUT2D eigenvalue weighted by molar-refractivity contribution is -0.178. The largest absolute Gasteiger partial charge is 0.507 e. The highest BCUT2D eigenvalue weighted by atomic mass is 16.7. The van der Waals surface area contributed by atoms with Crippen molar-refractivity contribution in [1.82, 2.24) is 0 Å². The number of carbonyl (C=O) groups is 1. The van der Waals surface area contributed by atoms with Gasteiger partial charge in [0.15, 0.2) is 17.3 Å². The second-order valence-corrected chi connectivity index (χ2v) is 5.77. The number of ketones is 1. The second-order valence-electron chi connectivity index (χ2n) is 5.77. The molecule has 0 aliphatic carbocycles. The summed E-state index contributed by atoms with van der Waals surface area (Å²) in [5.41, 5.74) is 0.900. The standard InChI is InChI=1S/C21H22O7/c1-5-21(27-3,28-4)15-12-14(8-10-17(15)23)16(22)9-6-13-7-11-18(24)19(25)20(13)26-2/h5-12,23-25H,1H2,2-4H3/b9-6+. The third-order valence-corrected chi connectivity index (χ3v) is 4.29. The summed E-state index contributed by atoms with van der Waals surface area (Å²) >= 11 is 0. The fourth-order valence-electron chi connectivity index (χ4n) is 2.73. The average Bonchev–Trinajstić information content (AvgIpc) is 2.71. The van der Waals surface area contributed by atoms with E-state index in [1.54, 1.807) is 0 Å². The number of ether oxygens (including phenoxy) is 3. The number of carbonyl (C=O) groups excluding carboxylic acids is 1. The van der Waals surface area contributed by atoms with Crippen LogP contribution in [0.5, 0.6) is 23.0 Å². The number of allylic oxidation sites excluding steroid dienone is 1. The monoisotopic (exact) mass is 386 g/mol. The first-order chi connectivity index (χ1) is 13.3. The molecule has 0 aliphatic heterocycles. The number of phenolic OH excluding ortho intramolecular Hbond substituents is 3. The first-order valence-electron chi connectivity index (χ1n) is 8.22. The van der Waals surface area contributed by atoms with Gasteiger partial charge in [-0.25, -0.2) is 0 Å². The molecular formula is C21H22O7. The van der Waals surface area contributed by atoms with Crippen molar-refractivity contribution in [2.45, 2.75) is 5.79 Å². The van der Waals surface area contributed by atoms with E-state index < -0.39 is 11.5 Å². The highest BCUT2D eigenvalue weighted by Gasteiger charge is 2.32. The maximum atomic E-state index is 12.6. The van der Waals surface area contributed by atoms with Crippen LogP contribution in [0, 0.1) is 0 Å². The van der Waals surface area contributed by atoms with E-state index in [1.807, 2.05) is 0 Å². The van der Waals surface area contributed by atoms with Crippen LogP contribution in [0.15, 0.2) is 49.1 Å². The molecule has 7 heteroatoms. The van der Waals surface area contributed by atoms with Gasteiger partial charge in [0.25, 0.3) is 0 Å². The minimum atomic E-state index is -1.41. The molecule has 2 aromatic carbocycles. The maximum absolute atomic E-state index is 12.6. The summed E-state index contributed by atoms with van der Waals surface area (Å²) in [5.74, 6) is -2.60. The van der Waals surface area contributed by atoms with Crippen LogP contribution in [0.25, 0.3) is 6.08 Å². The molecule has 0 fully saturated rings. The molecule has 0 saturated heterocycles. The quantitative estimate of drug-likeness (QED) is 0.210. The van der Waals surface area contributed by atoms with Crippen LogP contribution in [0.4, 0.5) is 0 Å². The molecule has 3 N–H and O–H groups in total. The molecule has 0 radical (unpaired) electrons. The molecular weight excluding hydrogens is 364 g/mol. The number of aromatic hydroxyl groups is 3. The second kappa shape index (κ2) is 8.60. The van der Waals surface area contributed by atoms with Gasteiger partial charge in [-0.15, -0.1) is 0 Å². The van der Waals surface area contributed by atoms with Gasteiger partial charge in [-0.2, -0.15) is 0 Å². The summed E-state index contributed by atoms with van der Waals surface area (Å²) < 4.78 is 15.7. The fraction of sp³-hybridized carbons (Fsp3) is 0.190. The third-order valence-electron chi connectivity index (χ3n) is 4.29. The van der Waals surface area contributed by atoms with Crippen LogP contribution in [-0.4, -0.2) is 42.4 Å². The summed E-state index contributed by atoms with van der Waals surface area (Å²) in [5, 5.41) is 29.6. The number of hydrogen-bond donors (Lipinski definition) is 3. The van der Waals surface area contributed by atoms with Crippen LogP contribution >= 0.6 is 0 Å². The van der Waals surface area contributed by atoms with Crippen molar-refractivity contribution in [1.29, 1.82) is 0 Å². The van der Waals surface area contributed by atoms with Crippen molar-refractivity contribution in [3.05, 3.63) is 65.8 Å². The molecule has 2 aromatic rings. The number of rotatable bonds is 8. The number of hydrogen-bond acceptors (Lipinski definition) is 7. The third kappa shape index (κ3) is 3.85. The fourth-order valence-corrected chi connectivity index (χ4v) is 2.73. The molecule has 148 valence electrons. The number of phenols is 3. The minimum absolute atomic E-state index is 0.0416. The van der Waals surface area contributed by atoms with Gasteiger partial charge < -0.3 is 29.5 Å². The Balaban J connectivity index is 2.41. The van der Waals surface area contributed by atoms with E-state index in [0.717, 1.165) is 0 Å². The summed E-state index contributed by atoms with van der Waals surface area (Å²) in [7, 11) is 4.12. The molecule has 28 heavy (non-hydrogen) atoms. The molecule has 0 bridgehead atoms. The average molecular weight is 386 g/mol. The molecule has 0 aliphatic rings. The van der Waals surface area contributed by atoms with Crippen molar-refractivity contribution < 1.29 is 34.3 Å². The molecule has 2 rings (SSSR count). The van der Waals surface area contributed by atoms with E-state index in [-0.39, 0.29) is 34.2 Å². The normalized spacial score (nSPS) is 11.5. The van der Waals surface area contributed by atoms with E-state index in [4.69, 9.17) is 14.2 Å². The smallest absolute Gasteiger partial charge is 0.218 e. The lowest BCUT2D eigenvalue weighted by Crippen LogP contribution is -2.28. The topological polar surface area (TPSA) is 105 Å². The van der Waals surface area contributed by atoms with Gasteiger partial charge in [0.2, 0.25) is 11.5 Å². The lowest BCUT2D eigenvalue weighted by atomic mass is 9.99. The van der Waals surface area contributed by atoms with E-state index in [2.05, 4.69) is 6.58 Å². The molecule has 0 spiro atoms. The van der Waals surface area contributed by atoms with Crippen LogP contribution in [0.2, 0.25) is 0 Å². The Bertz CT molecular complexity index is 911. The zero-order valence-electron chi connectivity index (χ0n) is 15.8. The Labute approximate surface area is 162 Å². The van der Waals surface area contributed by atoms with Crippen LogP contribution in [-0.2, 0) is 15.3 Å². The Morgan fingerprint density at radius 3 is 2.25 bits per heavy atom. The van der Waals surface area contributed by atoms with Gasteiger partial charge in [0, 0.05) is 25.3 Å². The zero-order valence-corrected chi connectivity index (χ0v) is 15.8. The maximum Gasteiger partial charge on any atom is 0.218 e. The van der Waals surface area contributed by atoms with Gasteiger partial charge >= 0.3 is 0 Å². The van der Waals surface area contributed by atoms with Crippen molar-refractivity contribution >= 4 is 11.9 Å². The van der Waals surface area contributed by atoms with E-state index >= 15 is 0 Å². The Hall–Kier alpha value is -3.29. The predicted molar refractivity (Wildman–Crippen MR) is 104 cm³/mol. The molecule has 0 aromatic heterocycles. The molecule has 0 amide bonds. The molecule has 0 saturated carbocycles. The minimum Gasteiger partial charge on any atom is -0.507 e. The molecule has 7 nitrogen and oxygen atoms in total. The summed E-state index contributed by atoms with van der Waals surface area (Å²) in [6.07, 6.45) is 4.09. The van der Waals surface area contributed by atoms with E-state index in [0.29, 0.717) is 5.56 Å². The van der Waals surface area contributed by atoms with Crippen LogP contribution in [0.3, 0.4) is 0 Å². The van der Waals surface area contributed by atoms with Crippen molar-refractivity contribution in [3.63, 3.8) is 0 Å². The summed E-state index contributed by atoms with van der Waals surface area (Å²) in [6, 6.07) is 7.05. The van der Waals surface area contributed by atoms with Gasteiger partial charge in [-0.3, -0.25) is 4.79 Å². The van der Waals surface area contributed by atoms with E-state index in [1.165, 1.54) is 69.9 Å². The van der Waals surface area contributed by atoms with Gasteiger partial charge in [-0.1, -0.05) is 6.58 Å². The zero-order chi connectivity index (χ0) is 20.9. The van der Waals surface area contributed by atoms with Gasteiger partial charge in [0.05, 0.1) is 12.7 Å². The predicted octanol–water partition coefficient (Wildman–Crippen LogP) is 3.34. The molecule has 0 unspecified atom stereocenters. The van der Waals surface area contributed by atoms with Crippen molar-refractivity contribution in [2.75, 3.05) is 21.3 Å². The number of methoxy groups -OCH3 is 3.